The van der Waals surface area contributed by atoms with Gasteiger partial charge in [-0.3, -0.25) is 4.98 Å². The van der Waals surface area contributed by atoms with Crippen LogP contribution in [0, 0.1) is 24.2 Å². The third-order valence-corrected chi connectivity index (χ3v) is 3.97. The Balaban J connectivity index is 2.76. The summed E-state index contributed by atoms with van der Waals surface area (Å²) in [6.07, 6.45) is 0.566. The number of carboxylic acids is 1. The largest absolute Gasteiger partial charge is 0.478 e. The molecule has 1 aromatic heterocycles. The number of benzene rings is 1. The Morgan fingerprint density at radius 1 is 1.27 bits per heavy atom. The second kappa shape index (κ2) is 7.79. The van der Waals surface area contributed by atoms with Crippen LogP contribution in [0.1, 0.15) is 51.5 Å². The molecule has 134 valence electrons. The van der Waals surface area contributed by atoms with Crippen LogP contribution in [0.25, 0.3) is 11.1 Å². The first-order valence-corrected chi connectivity index (χ1v) is 8.15. The van der Waals surface area contributed by atoms with Gasteiger partial charge >= 0.3 is 11.9 Å². The van der Waals surface area contributed by atoms with Crippen molar-refractivity contribution in [3.05, 3.63) is 52.3 Å². The van der Waals surface area contributed by atoms with E-state index in [2.05, 4.69) is 15.8 Å². The predicted octanol–water partition coefficient (Wildman–Crippen LogP) is 3.61. The normalized spacial score (nSPS) is 10.5. The van der Waals surface area contributed by atoms with Crippen molar-refractivity contribution in [1.82, 2.24) is 4.98 Å². The first-order valence-electron chi connectivity index (χ1n) is 8.15. The van der Waals surface area contributed by atoms with E-state index in [1.165, 1.54) is 7.11 Å². The molecule has 0 saturated carbocycles. The summed E-state index contributed by atoms with van der Waals surface area (Å²) >= 11 is 0. The number of esters is 1. The number of nitriles is 1. The van der Waals surface area contributed by atoms with Crippen LogP contribution in [0.3, 0.4) is 0 Å². The van der Waals surface area contributed by atoms with Crippen molar-refractivity contribution in [3.8, 4) is 17.2 Å². The number of carbonyl (C=O) groups is 2. The molecule has 0 fully saturated rings. The second-order valence-electron chi connectivity index (χ2n) is 6.35. The maximum absolute atomic E-state index is 11.8. The second-order valence-corrected chi connectivity index (χ2v) is 6.35. The monoisotopic (exact) mass is 352 g/mol. The number of aromatic carboxylic acids is 1. The van der Waals surface area contributed by atoms with Gasteiger partial charge in [0.25, 0.3) is 0 Å². The highest BCUT2D eigenvalue weighted by Gasteiger charge is 2.24. The molecule has 2 aromatic rings. The molecule has 2 rings (SSSR count). The molecule has 0 aliphatic rings. The van der Waals surface area contributed by atoms with Crippen molar-refractivity contribution < 1.29 is 19.4 Å². The molecule has 0 bridgehead atoms. The van der Waals surface area contributed by atoms with Crippen LogP contribution in [-0.4, -0.2) is 29.1 Å². The first-order chi connectivity index (χ1) is 12.3. The van der Waals surface area contributed by atoms with Crippen molar-refractivity contribution in [2.75, 3.05) is 7.11 Å². The third kappa shape index (κ3) is 3.72. The van der Waals surface area contributed by atoms with Crippen molar-refractivity contribution in [1.29, 1.82) is 5.26 Å². The van der Waals surface area contributed by atoms with Crippen LogP contribution >= 0.6 is 0 Å². The minimum atomic E-state index is -1.14. The number of carbonyl (C=O) groups excluding carboxylic acids is 1. The van der Waals surface area contributed by atoms with Gasteiger partial charge in [0.2, 0.25) is 0 Å². The Labute approximate surface area is 152 Å². The molecule has 0 radical (unpaired) electrons. The highest BCUT2D eigenvalue weighted by molar-refractivity contribution is 5.99. The molecule has 26 heavy (non-hydrogen) atoms. The van der Waals surface area contributed by atoms with E-state index in [-0.39, 0.29) is 17.0 Å². The molecule has 0 spiro atoms. The minimum Gasteiger partial charge on any atom is -0.478 e. The fourth-order valence-electron chi connectivity index (χ4n) is 2.86. The van der Waals surface area contributed by atoms with E-state index in [0.29, 0.717) is 34.5 Å². The molecular weight excluding hydrogens is 332 g/mol. The van der Waals surface area contributed by atoms with Gasteiger partial charge in [-0.1, -0.05) is 26.0 Å². The Morgan fingerprint density at radius 2 is 1.88 bits per heavy atom. The molecule has 1 aromatic carbocycles. The van der Waals surface area contributed by atoms with E-state index in [9.17, 15) is 20.0 Å². The lowest BCUT2D eigenvalue weighted by Crippen LogP contribution is -2.12. The lowest BCUT2D eigenvalue weighted by Gasteiger charge is -2.16. The number of aromatic nitrogens is 1. The predicted molar refractivity (Wildman–Crippen MR) is 96.0 cm³/mol. The molecule has 0 unspecified atom stereocenters. The summed E-state index contributed by atoms with van der Waals surface area (Å²) < 4.78 is 4.68. The highest BCUT2D eigenvalue weighted by atomic mass is 16.5. The average molecular weight is 352 g/mol. The van der Waals surface area contributed by atoms with Crippen LogP contribution < -0.4 is 0 Å². The summed E-state index contributed by atoms with van der Waals surface area (Å²) in [4.78, 5) is 27.8. The van der Waals surface area contributed by atoms with Gasteiger partial charge in [0, 0.05) is 5.56 Å². The van der Waals surface area contributed by atoms with Crippen molar-refractivity contribution >= 4 is 11.9 Å². The molecule has 0 aliphatic carbocycles. The van der Waals surface area contributed by atoms with Crippen molar-refractivity contribution in [2.45, 2.75) is 27.2 Å². The third-order valence-electron chi connectivity index (χ3n) is 3.97. The quantitative estimate of drug-likeness (QED) is 0.825. The molecular formula is C20H20N2O4. The van der Waals surface area contributed by atoms with Crippen molar-refractivity contribution in [3.63, 3.8) is 0 Å². The van der Waals surface area contributed by atoms with Crippen LogP contribution in [-0.2, 0) is 11.2 Å². The summed E-state index contributed by atoms with van der Waals surface area (Å²) in [7, 11) is 1.29. The number of nitrogens with zero attached hydrogens (tertiary/aromatic N) is 2. The van der Waals surface area contributed by atoms with Crippen LogP contribution in [0.5, 0.6) is 0 Å². The number of ether oxygens (including phenoxy) is 1. The molecule has 6 nitrogen and oxygen atoms in total. The van der Waals surface area contributed by atoms with Crippen molar-refractivity contribution in [2.24, 2.45) is 5.92 Å². The van der Waals surface area contributed by atoms with Crippen LogP contribution in [0.15, 0.2) is 24.3 Å². The standard InChI is InChI=1S/C20H20N2O4/c1-11(2)9-16-15(10-21)18(17(19(23)24)12(3)22-16)13-5-7-14(8-6-13)20(25)26-4/h5-8,11H,9H2,1-4H3,(H,23,24). The fraction of sp³-hybridized carbons (Fsp3) is 0.300. The van der Waals surface area contributed by atoms with E-state index in [1.807, 2.05) is 13.8 Å². The van der Waals surface area contributed by atoms with Gasteiger partial charge < -0.3 is 9.84 Å². The van der Waals surface area contributed by atoms with E-state index in [0.717, 1.165) is 0 Å². The number of hydrogen-bond donors (Lipinski definition) is 1. The molecule has 1 heterocycles. The number of aryl methyl sites for hydroxylation is 1. The zero-order valence-electron chi connectivity index (χ0n) is 15.2. The molecule has 0 aliphatic heterocycles. The fourth-order valence-corrected chi connectivity index (χ4v) is 2.86. The van der Waals surface area contributed by atoms with Gasteiger partial charge in [0.15, 0.2) is 0 Å². The molecule has 6 heteroatoms. The van der Waals surface area contributed by atoms with Gasteiger partial charge in [0.1, 0.15) is 6.07 Å². The zero-order chi connectivity index (χ0) is 19.4. The summed E-state index contributed by atoms with van der Waals surface area (Å²) in [6.45, 7) is 5.64. The van der Waals surface area contributed by atoms with E-state index in [4.69, 9.17) is 0 Å². The maximum atomic E-state index is 11.8. The number of carboxylic acid groups (broad SMARTS) is 1. The minimum absolute atomic E-state index is 0.000117. The van der Waals surface area contributed by atoms with Gasteiger partial charge in [-0.25, -0.2) is 9.59 Å². The molecule has 0 amide bonds. The van der Waals surface area contributed by atoms with Crippen LogP contribution in [0.4, 0.5) is 0 Å². The zero-order valence-corrected chi connectivity index (χ0v) is 15.2. The molecule has 0 atom stereocenters. The van der Waals surface area contributed by atoms with Gasteiger partial charge in [-0.05, 0) is 37.0 Å². The Morgan fingerprint density at radius 3 is 2.35 bits per heavy atom. The molecule has 0 saturated heterocycles. The highest BCUT2D eigenvalue weighted by Crippen LogP contribution is 2.32. The summed E-state index contributed by atoms with van der Waals surface area (Å²) in [5.74, 6) is -1.37. The summed E-state index contributed by atoms with van der Waals surface area (Å²) in [5, 5.41) is 19.4. The van der Waals surface area contributed by atoms with Gasteiger partial charge in [0.05, 0.1) is 35.2 Å². The van der Waals surface area contributed by atoms with Gasteiger partial charge in [-0.2, -0.15) is 5.26 Å². The summed E-state index contributed by atoms with van der Waals surface area (Å²) in [6, 6.07) is 8.45. The maximum Gasteiger partial charge on any atom is 0.338 e. The lowest BCUT2D eigenvalue weighted by atomic mass is 9.90. The number of rotatable bonds is 5. The van der Waals surface area contributed by atoms with E-state index in [1.54, 1.807) is 31.2 Å². The van der Waals surface area contributed by atoms with E-state index >= 15 is 0 Å². The SMILES string of the molecule is COC(=O)c1ccc(-c2c(C#N)c(CC(C)C)nc(C)c2C(=O)O)cc1. The van der Waals surface area contributed by atoms with Crippen LogP contribution in [0.2, 0.25) is 0 Å². The average Bonchev–Trinajstić information content (AvgIpc) is 2.59. The smallest absolute Gasteiger partial charge is 0.338 e. The Hall–Kier alpha value is -3.20. The Bertz CT molecular complexity index is 894. The number of methoxy groups -OCH3 is 1. The van der Waals surface area contributed by atoms with Gasteiger partial charge in [-0.15, -0.1) is 0 Å². The first kappa shape index (κ1) is 19.1. The number of pyridine rings is 1. The molecule has 1 N–H and O–H groups in total. The van der Waals surface area contributed by atoms with E-state index < -0.39 is 11.9 Å². The Kier molecular flexibility index (Phi) is 5.73. The number of hydrogen-bond acceptors (Lipinski definition) is 5. The summed E-state index contributed by atoms with van der Waals surface area (Å²) in [5.41, 5.74) is 2.42. The topological polar surface area (TPSA) is 100 Å². The lowest BCUT2D eigenvalue weighted by molar-refractivity contribution is 0.0599.